The Kier molecular flexibility index (Phi) is 5.63. The molecule has 0 unspecified atom stereocenters. The van der Waals surface area contributed by atoms with Crippen molar-refractivity contribution >= 4 is 5.91 Å². The van der Waals surface area contributed by atoms with Crippen LogP contribution in [0.1, 0.15) is 37.8 Å². The third-order valence-corrected chi connectivity index (χ3v) is 2.61. The molecule has 1 aromatic carbocycles. The van der Waals surface area contributed by atoms with E-state index in [1.165, 1.54) is 12.1 Å². The molecule has 3 N–H and O–H groups in total. The van der Waals surface area contributed by atoms with Crippen LogP contribution < -0.4 is 11.1 Å². The quantitative estimate of drug-likeness (QED) is 0.746. The van der Waals surface area contributed by atoms with Crippen LogP contribution in [0, 0.1) is 5.82 Å². The van der Waals surface area contributed by atoms with Gasteiger partial charge in [0, 0.05) is 6.42 Å². The largest absolute Gasteiger partial charge is 0.350 e. The number of hydrogen-bond acceptors (Lipinski definition) is 2. The van der Waals surface area contributed by atoms with Crippen LogP contribution in [0.25, 0.3) is 0 Å². The highest BCUT2D eigenvalue weighted by molar-refractivity contribution is 5.76. The molecule has 1 rings (SSSR count). The van der Waals surface area contributed by atoms with E-state index < -0.39 is 0 Å². The van der Waals surface area contributed by atoms with Gasteiger partial charge in [-0.05, 0) is 44.0 Å². The third kappa shape index (κ3) is 4.95. The van der Waals surface area contributed by atoms with E-state index in [1.54, 1.807) is 12.1 Å². The Morgan fingerprint density at radius 2 is 2.00 bits per heavy atom. The average Bonchev–Trinajstić information content (AvgIpc) is 2.30. The molecule has 0 bridgehead atoms. The van der Waals surface area contributed by atoms with Crippen molar-refractivity contribution in [3.05, 3.63) is 35.6 Å². The predicted molar refractivity (Wildman–Crippen MR) is 65.9 cm³/mol. The standard InChI is InChI=1S/C13H19FN2O/c1-10(11-5-7-12(14)8-6-11)16-13(17)4-2-3-9-15/h5-8,10H,2-4,9,15H2,1H3,(H,16,17)/t10-/m1/s1. The zero-order chi connectivity index (χ0) is 12.7. The van der Waals surface area contributed by atoms with Crippen LogP contribution in [0.15, 0.2) is 24.3 Å². The van der Waals surface area contributed by atoms with Crippen molar-refractivity contribution < 1.29 is 9.18 Å². The van der Waals surface area contributed by atoms with Crippen molar-refractivity contribution in [3.63, 3.8) is 0 Å². The number of halogens is 1. The van der Waals surface area contributed by atoms with Gasteiger partial charge in [0.05, 0.1) is 6.04 Å². The molecule has 4 heteroatoms. The van der Waals surface area contributed by atoms with Crippen LogP contribution in [0.3, 0.4) is 0 Å². The smallest absolute Gasteiger partial charge is 0.220 e. The molecule has 0 aromatic heterocycles. The molecule has 0 aliphatic rings. The van der Waals surface area contributed by atoms with Gasteiger partial charge in [0.25, 0.3) is 0 Å². The lowest BCUT2D eigenvalue weighted by Gasteiger charge is -2.14. The first-order valence-electron chi connectivity index (χ1n) is 5.88. The normalized spacial score (nSPS) is 12.2. The lowest BCUT2D eigenvalue weighted by molar-refractivity contribution is -0.121. The highest BCUT2D eigenvalue weighted by atomic mass is 19.1. The first-order chi connectivity index (χ1) is 8.13. The average molecular weight is 238 g/mol. The lowest BCUT2D eigenvalue weighted by Crippen LogP contribution is -2.26. The summed E-state index contributed by atoms with van der Waals surface area (Å²) in [5.41, 5.74) is 6.26. The fourth-order valence-corrected chi connectivity index (χ4v) is 1.58. The highest BCUT2D eigenvalue weighted by Gasteiger charge is 2.08. The van der Waals surface area contributed by atoms with Crippen LogP contribution in [0.4, 0.5) is 4.39 Å². The number of rotatable bonds is 6. The molecule has 1 amide bonds. The minimum Gasteiger partial charge on any atom is -0.350 e. The molecule has 0 radical (unpaired) electrons. The molecule has 0 saturated carbocycles. The van der Waals surface area contributed by atoms with Gasteiger partial charge < -0.3 is 11.1 Å². The monoisotopic (exact) mass is 238 g/mol. The fraction of sp³-hybridized carbons (Fsp3) is 0.462. The van der Waals surface area contributed by atoms with Crippen molar-refractivity contribution in [2.75, 3.05) is 6.54 Å². The second-order valence-electron chi connectivity index (χ2n) is 4.09. The summed E-state index contributed by atoms with van der Waals surface area (Å²) in [6.45, 7) is 2.49. The van der Waals surface area contributed by atoms with Gasteiger partial charge in [-0.3, -0.25) is 4.79 Å². The van der Waals surface area contributed by atoms with E-state index in [0.717, 1.165) is 18.4 Å². The van der Waals surface area contributed by atoms with E-state index in [0.29, 0.717) is 13.0 Å². The number of carbonyl (C=O) groups is 1. The van der Waals surface area contributed by atoms with Gasteiger partial charge in [0.1, 0.15) is 5.82 Å². The van der Waals surface area contributed by atoms with Crippen LogP contribution in [-0.2, 0) is 4.79 Å². The molecule has 1 aromatic rings. The Hall–Kier alpha value is -1.42. The minimum atomic E-state index is -0.268. The summed E-state index contributed by atoms with van der Waals surface area (Å²) in [6, 6.07) is 6.06. The lowest BCUT2D eigenvalue weighted by atomic mass is 10.1. The van der Waals surface area contributed by atoms with Gasteiger partial charge in [-0.25, -0.2) is 4.39 Å². The highest BCUT2D eigenvalue weighted by Crippen LogP contribution is 2.13. The third-order valence-electron chi connectivity index (χ3n) is 2.61. The van der Waals surface area contributed by atoms with E-state index in [2.05, 4.69) is 5.32 Å². The van der Waals surface area contributed by atoms with Crippen molar-refractivity contribution in [2.45, 2.75) is 32.2 Å². The molecule has 0 aliphatic heterocycles. The predicted octanol–water partition coefficient (Wildman–Crippen LogP) is 2.13. The van der Waals surface area contributed by atoms with E-state index in [1.807, 2.05) is 6.92 Å². The maximum atomic E-state index is 12.7. The molecule has 0 fully saturated rings. The maximum absolute atomic E-state index is 12.7. The maximum Gasteiger partial charge on any atom is 0.220 e. The fourth-order valence-electron chi connectivity index (χ4n) is 1.58. The van der Waals surface area contributed by atoms with Crippen LogP contribution in [0.2, 0.25) is 0 Å². The molecule has 17 heavy (non-hydrogen) atoms. The molecule has 94 valence electrons. The molecule has 0 spiro atoms. The van der Waals surface area contributed by atoms with Crippen LogP contribution in [-0.4, -0.2) is 12.5 Å². The minimum absolute atomic E-state index is 0.00951. The SMILES string of the molecule is C[C@@H](NC(=O)CCCCN)c1ccc(F)cc1. The summed E-state index contributed by atoms with van der Waals surface area (Å²) in [5, 5.41) is 2.87. The van der Waals surface area contributed by atoms with Gasteiger partial charge >= 0.3 is 0 Å². The van der Waals surface area contributed by atoms with Crippen molar-refractivity contribution in [1.82, 2.24) is 5.32 Å². The summed E-state index contributed by atoms with van der Waals surface area (Å²) in [7, 11) is 0. The van der Waals surface area contributed by atoms with Crippen LogP contribution >= 0.6 is 0 Å². The number of carbonyl (C=O) groups excluding carboxylic acids is 1. The number of hydrogen-bond donors (Lipinski definition) is 2. The molecule has 0 aliphatic carbocycles. The van der Waals surface area contributed by atoms with E-state index in [9.17, 15) is 9.18 Å². The summed E-state index contributed by atoms with van der Waals surface area (Å²) in [6.07, 6.45) is 2.15. The Balaban J connectivity index is 2.40. The van der Waals surface area contributed by atoms with E-state index in [4.69, 9.17) is 5.73 Å². The second kappa shape index (κ2) is 7.01. The van der Waals surface area contributed by atoms with Crippen LogP contribution in [0.5, 0.6) is 0 Å². The first kappa shape index (κ1) is 13.6. The Morgan fingerprint density at radius 3 is 2.59 bits per heavy atom. The van der Waals surface area contributed by atoms with Gasteiger partial charge in [0.15, 0.2) is 0 Å². The number of nitrogens with one attached hydrogen (secondary N) is 1. The van der Waals surface area contributed by atoms with Crippen molar-refractivity contribution in [2.24, 2.45) is 5.73 Å². The van der Waals surface area contributed by atoms with Crippen molar-refractivity contribution in [1.29, 1.82) is 0 Å². The Bertz CT molecular complexity index is 351. The summed E-state index contributed by atoms with van der Waals surface area (Å²) in [4.78, 5) is 11.5. The Labute approximate surface area is 101 Å². The van der Waals surface area contributed by atoms with Crippen molar-refractivity contribution in [3.8, 4) is 0 Å². The first-order valence-corrected chi connectivity index (χ1v) is 5.88. The molecular weight excluding hydrogens is 219 g/mol. The zero-order valence-corrected chi connectivity index (χ0v) is 10.1. The number of unbranched alkanes of at least 4 members (excludes halogenated alkanes) is 1. The molecule has 0 saturated heterocycles. The summed E-state index contributed by atoms with van der Waals surface area (Å²) >= 11 is 0. The zero-order valence-electron chi connectivity index (χ0n) is 10.1. The molecular formula is C13H19FN2O. The number of nitrogens with two attached hydrogens (primary N) is 1. The van der Waals surface area contributed by atoms with Gasteiger partial charge in [-0.2, -0.15) is 0 Å². The Morgan fingerprint density at radius 1 is 1.35 bits per heavy atom. The van der Waals surface area contributed by atoms with E-state index in [-0.39, 0.29) is 17.8 Å². The van der Waals surface area contributed by atoms with Gasteiger partial charge in [0.2, 0.25) is 5.91 Å². The number of amides is 1. The topological polar surface area (TPSA) is 55.1 Å². The molecule has 3 nitrogen and oxygen atoms in total. The van der Waals surface area contributed by atoms with E-state index >= 15 is 0 Å². The molecule has 0 heterocycles. The van der Waals surface area contributed by atoms with Gasteiger partial charge in [-0.15, -0.1) is 0 Å². The number of benzene rings is 1. The summed E-state index contributed by atoms with van der Waals surface area (Å²) in [5.74, 6) is -0.259. The second-order valence-corrected chi connectivity index (χ2v) is 4.09. The molecule has 1 atom stereocenters. The van der Waals surface area contributed by atoms with Gasteiger partial charge in [-0.1, -0.05) is 12.1 Å². The summed E-state index contributed by atoms with van der Waals surface area (Å²) < 4.78 is 12.7.